The summed E-state index contributed by atoms with van der Waals surface area (Å²) in [6.07, 6.45) is 0.109. The van der Waals surface area contributed by atoms with Gasteiger partial charge in [0.05, 0.1) is 11.1 Å². The molecular weight excluding hydrogens is 487 g/mol. The molecule has 1 unspecified atom stereocenters. The summed E-state index contributed by atoms with van der Waals surface area (Å²) in [6, 6.07) is 1.95. The molecule has 32 heavy (non-hydrogen) atoms. The molecule has 178 valence electrons. The number of sulfone groups is 1. The molecule has 0 bridgehead atoms. The second-order valence-corrected chi connectivity index (χ2v) is 12.7. The summed E-state index contributed by atoms with van der Waals surface area (Å²) < 4.78 is 42.3. The monoisotopic (exact) mass is 510 g/mol. The first-order chi connectivity index (χ1) is 14.9. The van der Waals surface area contributed by atoms with Crippen LogP contribution in [0.2, 0.25) is 5.28 Å². The van der Waals surface area contributed by atoms with E-state index in [-0.39, 0.29) is 11.3 Å². The van der Waals surface area contributed by atoms with Crippen molar-refractivity contribution in [3.8, 4) is 0 Å². The number of anilines is 1. The van der Waals surface area contributed by atoms with Crippen molar-refractivity contribution in [3.63, 3.8) is 0 Å². The summed E-state index contributed by atoms with van der Waals surface area (Å²) >= 11 is 6.11. The van der Waals surface area contributed by atoms with E-state index in [4.69, 9.17) is 26.1 Å². The van der Waals surface area contributed by atoms with Gasteiger partial charge in [-0.3, -0.25) is 4.57 Å². The van der Waals surface area contributed by atoms with Crippen LogP contribution < -0.4 is 5.32 Å². The molecule has 2 aliphatic rings. The maximum absolute atomic E-state index is 12.1. The molecule has 5 N–H and O–H groups in total. The number of rotatable bonds is 7. The van der Waals surface area contributed by atoms with Gasteiger partial charge in [0, 0.05) is 12.2 Å². The summed E-state index contributed by atoms with van der Waals surface area (Å²) in [5, 5.41) is 24.8. The molecule has 15 heteroatoms. The quantitative estimate of drug-likeness (QED) is 0.259. The third-order valence-corrected chi connectivity index (χ3v) is 9.56. The van der Waals surface area contributed by atoms with E-state index in [9.17, 15) is 23.2 Å². The van der Waals surface area contributed by atoms with Gasteiger partial charge < -0.3 is 34.6 Å². The zero-order valence-electron chi connectivity index (χ0n) is 16.8. The second-order valence-electron chi connectivity index (χ2n) is 8.18. The Morgan fingerprint density at radius 1 is 1.22 bits per heavy atom. The van der Waals surface area contributed by atoms with Gasteiger partial charge in [0.15, 0.2) is 21.6 Å². The maximum atomic E-state index is 12.1. The first-order valence-corrected chi connectivity index (χ1v) is 14.0. The third-order valence-electron chi connectivity index (χ3n) is 5.64. The topological polar surface area (TPSA) is 184 Å². The minimum absolute atomic E-state index is 0.0354. The van der Waals surface area contributed by atoms with Crippen LogP contribution in [0.5, 0.6) is 0 Å². The Hall–Kier alpha value is -1.31. The Morgan fingerprint density at radius 3 is 2.56 bits per heavy atom. The molecule has 4 rings (SSSR count). The van der Waals surface area contributed by atoms with E-state index in [1.807, 2.05) is 0 Å². The zero-order valence-corrected chi connectivity index (χ0v) is 19.2. The van der Waals surface area contributed by atoms with Crippen LogP contribution in [0.25, 0.3) is 11.0 Å². The fraction of sp³-hybridized carbons (Fsp3) is 0.647. The average Bonchev–Trinajstić information content (AvgIpc) is 3.36. The van der Waals surface area contributed by atoms with Crippen LogP contribution in [-0.4, -0.2) is 78.6 Å². The van der Waals surface area contributed by atoms with E-state index in [2.05, 4.69) is 15.3 Å². The van der Waals surface area contributed by atoms with E-state index < -0.39 is 53.2 Å². The largest absolute Gasteiger partial charge is 0.387 e. The molecule has 1 aliphatic heterocycles. The van der Waals surface area contributed by atoms with Crippen molar-refractivity contribution in [1.82, 2.24) is 14.5 Å². The van der Waals surface area contributed by atoms with Gasteiger partial charge in [-0.2, -0.15) is 4.98 Å². The van der Waals surface area contributed by atoms with Crippen molar-refractivity contribution in [2.24, 2.45) is 0 Å². The number of hydrogen-bond donors (Lipinski definition) is 5. The van der Waals surface area contributed by atoms with E-state index >= 15 is 0 Å². The second kappa shape index (κ2) is 8.80. The normalized spacial score (nSPS) is 27.4. The van der Waals surface area contributed by atoms with Crippen molar-refractivity contribution in [2.45, 2.75) is 56.3 Å². The van der Waals surface area contributed by atoms with Crippen LogP contribution in [0, 0.1) is 0 Å². The van der Waals surface area contributed by atoms with E-state index in [1.165, 1.54) is 4.57 Å². The first kappa shape index (κ1) is 23.8. The summed E-state index contributed by atoms with van der Waals surface area (Å²) in [5.74, 6) is -0.338. The Labute approximate surface area is 188 Å². The van der Waals surface area contributed by atoms with Crippen LogP contribution in [0.1, 0.15) is 31.9 Å². The minimum atomic E-state index is -4.83. The molecule has 3 heterocycles. The van der Waals surface area contributed by atoms with Gasteiger partial charge in [-0.15, -0.1) is 0 Å². The smallest absolute Gasteiger partial charge is 0.340 e. The predicted molar refractivity (Wildman–Crippen MR) is 115 cm³/mol. The molecule has 0 spiro atoms. The summed E-state index contributed by atoms with van der Waals surface area (Å²) in [5.41, 5.74) is -1.06. The van der Waals surface area contributed by atoms with Crippen molar-refractivity contribution in [3.05, 3.63) is 17.5 Å². The highest BCUT2D eigenvalue weighted by Gasteiger charge is 2.46. The first-order valence-electron chi connectivity index (χ1n) is 10.0. The molecular formula is C17H24ClN4O8PS. The van der Waals surface area contributed by atoms with E-state index in [0.29, 0.717) is 16.9 Å². The number of halogens is 1. The highest BCUT2D eigenvalue weighted by atomic mass is 35.5. The maximum Gasteiger partial charge on any atom is 0.340 e. The standard InChI is InChI=1S/C17H24ClN4O8PS/c18-17-20-14(19-9-3-1-2-4-9)10-5-6-22(15(10)21-17)16-13(24)12(23)11(30-16)7-32(28,29)8-31(25,26)27/h5-6,9,11-13,16,23-24H,1-4,7-8H2,(H,19,20,21)(H2,25,26,27)/t11?,12-,13-,16-/m1/s1. The Bertz CT molecular complexity index is 1150. The number of aromatic nitrogens is 3. The number of nitrogens with one attached hydrogen (secondary N) is 1. The molecule has 1 aliphatic carbocycles. The van der Waals surface area contributed by atoms with Crippen molar-refractivity contribution >= 4 is 45.9 Å². The van der Waals surface area contributed by atoms with E-state index in [0.717, 1.165) is 25.7 Å². The van der Waals surface area contributed by atoms with Gasteiger partial charge >= 0.3 is 7.60 Å². The Balaban J connectivity index is 1.60. The van der Waals surface area contributed by atoms with Crippen LogP contribution in [0.4, 0.5) is 5.82 Å². The van der Waals surface area contributed by atoms with Crippen LogP contribution in [-0.2, 0) is 19.1 Å². The van der Waals surface area contributed by atoms with Crippen molar-refractivity contribution in [2.75, 3.05) is 16.6 Å². The number of hydrogen-bond acceptors (Lipinski definition) is 9. The highest BCUT2D eigenvalue weighted by Crippen LogP contribution is 2.39. The third kappa shape index (κ3) is 5.10. The summed E-state index contributed by atoms with van der Waals surface area (Å²) in [6.45, 7) is 0. The van der Waals surface area contributed by atoms with Gasteiger partial charge in [0.1, 0.15) is 29.8 Å². The number of aliphatic hydroxyl groups is 2. The number of nitrogens with zero attached hydrogens (tertiary/aromatic N) is 3. The molecule has 2 aromatic rings. The van der Waals surface area contributed by atoms with Gasteiger partial charge in [0.2, 0.25) is 5.28 Å². The molecule has 2 aromatic heterocycles. The van der Waals surface area contributed by atoms with Crippen molar-refractivity contribution in [1.29, 1.82) is 0 Å². The Kier molecular flexibility index (Phi) is 6.56. The Morgan fingerprint density at radius 2 is 1.91 bits per heavy atom. The lowest BCUT2D eigenvalue weighted by atomic mass is 10.1. The minimum Gasteiger partial charge on any atom is -0.387 e. The molecule has 2 fully saturated rings. The fourth-order valence-corrected chi connectivity index (χ4v) is 7.65. The number of fused-ring (bicyclic) bond motifs is 1. The molecule has 0 aromatic carbocycles. The SMILES string of the molecule is O=P(O)(O)CS(=O)(=O)CC1O[C@@H](n2ccc3c(NC4CCCC4)nc(Cl)nc32)[C@H](O)[C@@H]1O. The van der Waals surface area contributed by atoms with Gasteiger partial charge in [-0.05, 0) is 30.5 Å². The molecule has 1 saturated heterocycles. The molecule has 0 amide bonds. The summed E-state index contributed by atoms with van der Waals surface area (Å²) in [7, 11) is -9.10. The van der Waals surface area contributed by atoms with Gasteiger partial charge in [-0.1, -0.05) is 12.8 Å². The lowest BCUT2D eigenvalue weighted by Gasteiger charge is -2.18. The van der Waals surface area contributed by atoms with Gasteiger partial charge in [0.25, 0.3) is 0 Å². The van der Waals surface area contributed by atoms with Crippen LogP contribution in [0.15, 0.2) is 12.3 Å². The molecule has 12 nitrogen and oxygen atoms in total. The average molecular weight is 511 g/mol. The molecule has 4 atom stereocenters. The number of ether oxygens (including phenoxy) is 1. The fourth-order valence-electron chi connectivity index (χ4n) is 4.24. The highest BCUT2D eigenvalue weighted by molar-refractivity contribution is 7.97. The van der Waals surface area contributed by atoms with Crippen LogP contribution in [0.3, 0.4) is 0 Å². The predicted octanol–water partition coefficient (Wildman–Crippen LogP) is 0.608. The lowest BCUT2D eigenvalue weighted by molar-refractivity contribution is -0.0288. The number of aliphatic hydroxyl groups excluding tert-OH is 2. The van der Waals surface area contributed by atoms with Crippen molar-refractivity contribution < 1.29 is 37.7 Å². The lowest BCUT2D eigenvalue weighted by Crippen LogP contribution is -2.35. The van der Waals surface area contributed by atoms with Gasteiger partial charge in [-0.25, -0.2) is 13.4 Å². The van der Waals surface area contributed by atoms with E-state index in [1.54, 1.807) is 12.3 Å². The van der Waals surface area contributed by atoms with Crippen LogP contribution >= 0.6 is 19.2 Å². The molecule has 1 saturated carbocycles. The molecule has 0 radical (unpaired) electrons. The summed E-state index contributed by atoms with van der Waals surface area (Å²) in [4.78, 5) is 26.4. The zero-order chi connectivity index (χ0) is 23.3.